The molecule has 0 unspecified atom stereocenters. The SMILES string of the molecule is COc1ccc2c(/C=C/C(=O)N3CCC(c4ccc(NC(=O)c5cc(C(F)F)no5)cc4)CC3)c[nH]c2c1. The van der Waals surface area contributed by atoms with Gasteiger partial charge in [0.25, 0.3) is 12.3 Å². The average molecular weight is 521 g/mol. The molecule has 0 aliphatic carbocycles. The number of carbonyl (C=O) groups is 2. The summed E-state index contributed by atoms with van der Waals surface area (Å²) >= 11 is 0. The van der Waals surface area contributed by atoms with Gasteiger partial charge in [0.2, 0.25) is 11.7 Å². The Hall–Kier alpha value is -4.47. The van der Waals surface area contributed by atoms with E-state index in [0.29, 0.717) is 24.7 Å². The summed E-state index contributed by atoms with van der Waals surface area (Å²) in [5, 5.41) is 6.83. The van der Waals surface area contributed by atoms with E-state index in [1.165, 1.54) is 0 Å². The lowest BCUT2D eigenvalue weighted by Crippen LogP contribution is -2.36. The Balaban J connectivity index is 1.14. The fourth-order valence-electron chi connectivity index (χ4n) is 4.62. The molecule has 0 radical (unpaired) electrons. The molecule has 1 aliphatic heterocycles. The van der Waals surface area contributed by atoms with Crippen LogP contribution < -0.4 is 10.1 Å². The van der Waals surface area contributed by atoms with Crippen molar-refractivity contribution in [1.82, 2.24) is 15.0 Å². The summed E-state index contributed by atoms with van der Waals surface area (Å²) < 4.78 is 35.2. The van der Waals surface area contributed by atoms with E-state index in [2.05, 4.69) is 20.0 Å². The highest BCUT2D eigenvalue weighted by Crippen LogP contribution is 2.30. The fourth-order valence-corrected chi connectivity index (χ4v) is 4.62. The van der Waals surface area contributed by atoms with Crippen LogP contribution in [0, 0.1) is 0 Å². The van der Waals surface area contributed by atoms with Crippen molar-refractivity contribution in [3.63, 3.8) is 0 Å². The number of halogens is 2. The number of H-pyrrole nitrogens is 1. The van der Waals surface area contributed by atoms with Crippen LogP contribution in [0.4, 0.5) is 14.5 Å². The number of rotatable bonds is 7. The zero-order valence-electron chi connectivity index (χ0n) is 20.6. The van der Waals surface area contributed by atoms with Gasteiger partial charge < -0.3 is 24.5 Å². The van der Waals surface area contributed by atoms with Crippen molar-refractivity contribution in [3.8, 4) is 5.75 Å². The lowest BCUT2D eigenvalue weighted by molar-refractivity contribution is -0.126. The summed E-state index contributed by atoms with van der Waals surface area (Å²) in [5.41, 5.74) is 2.93. The number of aromatic nitrogens is 2. The van der Waals surface area contributed by atoms with Crippen molar-refractivity contribution in [2.75, 3.05) is 25.5 Å². The number of piperidine rings is 1. The number of ether oxygens (including phenoxy) is 1. The molecule has 1 aliphatic rings. The molecule has 196 valence electrons. The summed E-state index contributed by atoms with van der Waals surface area (Å²) in [4.78, 5) is 30.1. The third kappa shape index (κ3) is 5.44. The van der Waals surface area contributed by atoms with E-state index in [9.17, 15) is 18.4 Å². The van der Waals surface area contributed by atoms with Crippen LogP contribution >= 0.6 is 0 Å². The summed E-state index contributed by atoms with van der Waals surface area (Å²) in [6, 6.07) is 14.1. The van der Waals surface area contributed by atoms with Gasteiger partial charge in [-0.25, -0.2) is 8.78 Å². The number of aromatic amines is 1. The predicted molar refractivity (Wildman–Crippen MR) is 138 cm³/mol. The van der Waals surface area contributed by atoms with Crippen molar-refractivity contribution >= 4 is 34.5 Å². The molecule has 8 nitrogen and oxygen atoms in total. The molecule has 3 heterocycles. The molecule has 4 aromatic rings. The minimum atomic E-state index is -2.80. The molecule has 1 fully saturated rings. The maximum absolute atomic E-state index is 12.8. The van der Waals surface area contributed by atoms with Gasteiger partial charge in [0.1, 0.15) is 5.75 Å². The number of fused-ring (bicyclic) bond motifs is 1. The summed E-state index contributed by atoms with van der Waals surface area (Å²) in [5.74, 6) is 0.112. The Kier molecular flexibility index (Phi) is 7.21. The number of methoxy groups -OCH3 is 1. The first-order valence-corrected chi connectivity index (χ1v) is 12.2. The number of carbonyl (C=O) groups excluding carboxylic acids is 2. The van der Waals surface area contributed by atoms with Crippen LogP contribution in [0.3, 0.4) is 0 Å². The smallest absolute Gasteiger partial charge is 0.294 e. The Morgan fingerprint density at radius 2 is 1.92 bits per heavy atom. The van der Waals surface area contributed by atoms with Crippen molar-refractivity contribution in [2.24, 2.45) is 0 Å². The number of amides is 2. The number of alkyl halides is 2. The van der Waals surface area contributed by atoms with Gasteiger partial charge in [-0.3, -0.25) is 9.59 Å². The highest BCUT2D eigenvalue weighted by Gasteiger charge is 2.23. The lowest BCUT2D eigenvalue weighted by atomic mass is 9.89. The van der Waals surface area contributed by atoms with E-state index in [1.807, 2.05) is 47.5 Å². The van der Waals surface area contributed by atoms with Gasteiger partial charge in [0, 0.05) is 54.1 Å². The van der Waals surface area contributed by atoms with Crippen LogP contribution in [-0.2, 0) is 4.79 Å². The Morgan fingerprint density at radius 1 is 1.16 bits per heavy atom. The lowest BCUT2D eigenvalue weighted by Gasteiger charge is -2.31. The number of anilines is 1. The van der Waals surface area contributed by atoms with E-state index < -0.39 is 18.0 Å². The van der Waals surface area contributed by atoms with Crippen LogP contribution in [-0.4, -0.2) is 47.1 Å². The molecular formula is C28H26F2N4O4. The molecule has 0 atom stereocenters. The normalized spacial score (nSPS) is 14.5. The van der Waals surface area contributed by atoms with Crippen molar-refractivity contribution in [1.29, 1.82) is 0 Å². The number of benzene rings is 2. The molecule has 2 amide bonds. The standard InChI is InChI=1S/C28H26F2N4O4/c1-37-21-7-8-22-19(16-31-23(22)14-21)4-9-26(35)34-12-10-18(11-13-34)17-2-5-20(6-3-17)32-28(36)25-15-24(27(29)30)33-38-25/h2-9,14-16,18,27,31H,10-13H2,1H3,(H,32,36)/b9-4+. The van der Waals surface area contributed by atoms with Gasteiger partial charge in [-0.15, -0.1) is 0 Å². The zero-order valence-corrected chi connectivity index (χ0v) is 20.6. The summed E-state index contributed by atoms with van der Waals surface area (Å²) in [7, 11) is 1.62. The van der Waals surface area contributed by atoms with Crippen molar-refractivity contribution in [3.05, 3.63) is 83.4 Å². The van der Waals surface area contributed by atoms with Crippen LogP contribution in [0.15, 0.2) is 65.3 Å². The van der Waals surface area contributed by atoms with Gasteiger partial charge in [-0.05, 0) is 60.2 Å². The highest BCUT2D eigenvalue weighted by molar-refractivity contribution is 6.02. The minimum Gasteiger partial charge on any atom is -0.497 e. The van der Waals surface area contributed by atoms with Crippen molar-refractivity contribution in [2.45, 2.75) is 25.2 Å². The van der Waals surface area contributed by atoms with Crippen LogP contribution in [0.2, 0.25) is 0 Å². The van der Waals surface area contributed by atoms with Gasteiger partial charge in [0.05, 0.1) is 7.11 Å². The number of hydrogen-bond acceptors (Lipinski definition) is 5. The van der Waals surface area contributed by atoms with Gasteiger partial charge in [-0.2, -0.15) is 0 Å². The Bertz CT molecular complexity index is 1470. The number of hydrogen-bond donors (Lipinski definition) is 2. The molecule has 2 N–H and O–H groups in total. The molecule has 0 bridgehead atoms. The zero-order chi connectivity index (χ0) is 26.6. The molecule has 2 aromatic carbocycles. The first-order chi connectivity index (χ1) is 18.4. The molecule has 0 spiro atoms. The summed E-state index contributed by atoms with van der Waals surface area (Å²) in [6.07, 6.45) is 4.17. The largest absolute Gasteiger partial charge is 0.497 e. The Morgan fingerprint density at radius 3 is 2.61 bits per heavy atom. The monoisotopic (exact) mass is 520 g/mol. The number of nitrogens with zero attached hydrogens (tertiary/aromatic N) is 2. The highest BCUT2D eigenvalue weighted by atomic mass is 19.3. The van der Waals surface area contributed by atoms with Crippen LogP contribution in [0.1, 0.15) is 52.6 Å². The molecule has 38 heavy (non-hydrogen) atoms. The molecule has 1 saturated heterocycles. The van der Waals surface area contributed by atoms with E-state index in [1.54, 1.807) is 25.3 Å². The number of likely N-dealkylation sites (tertiary alicyclic amines) is 1. The number of nitrogens with one attached hydrogen (secondary N) is 2. The first kappa shape index (κ1) is 25.2. The quantitative estimate of drug-likeness (QED) is 0.301. The third-order valence-corrected chi connectivity index (χ3v) is 6.75. The minimum absolute atomic E-state index is 0.0215. The van der Waals surface area contributed by atoms with E-state index in [4.69, 9.17) is 4.74 Å². The summed E-state index contributed by atoms with van der Waals surface area (Å²) in [6.45, 7) is 1.30. The molecule has 2 aromatic heterocycles. The van der Waals surface area contributed by atoms with E-state index in [-0.39, 0.29) is 11.7 Å². The second kappa shape index (κ2) is 10.9. The first-order valence-electron chi connectivity index (χ1n) is 12.2. The molecule has 5 rings (SSSR count). The van der Waals surface area contributed by atoms with Gasteiger partial charge in [0.15, 0.2) is 5.69 Å². The second-order valence-corrected chi connectivity index (χ2v) is 9.08. The average Bonchev–Trinajstić information content (AvgIpc) is 3.60. The third-order valence-electron chi connectivity index (χ3n) is 6.75. The van der Waals surface area contributed by atoms with Gasteiger partial charge >= 0.3 is 0 Å². The maximum Gasteiger partial charge on any atom is 0.294 e. The van der Waals surface area contributed by atoms with E-state index in [0.717, 1.165) is 46.7 Å². The van der Waals surface area contributed by atoms with Gasteiger partial charge in [-0.1, -0.05) is 17.3 Å². The van der Waals surface area contributed by atoms with E-state index >= 15 is 0 Å². The molecule has 0 saturated carbocycles. The molecular weight excluding hydrogens is 494 g/mol. The topological polar surface area (TPSA) is 100 Å². The second-order valence-electron chi connectivity index (χ2n) is 9.08. The molecule has 10 heteroatoms. The van der Waals surface area contributed by atoms with Crippen LogP contribution in [0.5, 0.6) is 5.75 Å². The predicted octanol–water partition coefficient (Wildman–Crippen LogP) is 5.77. The fraction of sp³-hybridized carbons (Fsp3) is 0.250. The maximum atomic E-state index is 12.8. The van der Waals surface area contributed by atoms with Crippen molar-refractivity contribution < 1.29 is 27.6 Å². The van der Waals surface area contributed by atoms with Crippen LogP contribution in [0.25, 0.3) is 17.0 Å². The Labute approximate surface area is 217 Å².